The van der Waals surface area contributed by atoms with Crippen molar-refractivity contribution in [3.63, 3.8) is 0 Å². The van der Waals surface area contributed by atoms with Gasteiger partial charge in [0.1, 0.15) is 0 Å². The van der Waals surface area contributed by atoms with Gasteiger partial charge < -0.3 is 0 Å². The minimum atomic E-state index is -3.83. The van der Waals surface area contributed by atoms with Crippen LogP contribution in [0.3, 0.4) is 0 Å². The monoisotopic (exact) mass is 444 g/mol. The van der Waals surface area contributed by atoms with Crippen LogP contribution in [0.5, 0.6) is 0 Å². The summed E-state index contributed by atoms with van der Waals surface area (Å²) in [6, 6.07) is 13.5. The Bertz CT molecular complexity index is 1030. The molecule has 164 valence electrons. The minimum Gasteiger partial charge on any atom is -0.272 e. The number of sulfonamides is 1. The molecule has 2 aromatic carbocycles. The SMILES string of the molecule is O=C(CN(C1CCCCC1)S(=O)(=O)c1ccccc1)N/N=C/c1ccc([N+](=O)[O-])cc1. The van der Waals surface area contributed by atoms with Gasteiger partial charge in [0.25, 0.3) is 11.6 Å². The number of hydrogen-bond acceptors (Lipinski definition) is 6. The molecule has 2 aromatic rings. The van der Waals surface area contributed by atoms with E-state index >= 15 is 0 Å². The molecule has 0 heterocycles. The number of nitrogens with zero attached hydrogens (tertiary/aromatic N) is 3. The van der Waals surface area contributed by atoms with Crippen LogP contribution in [-0.4, -0.2) is 42.4 Å². The number of non-ortho nitro benzene ring substituents is 1. The van der Waals surface area contributed by atoms with Crippen molar-refractivity contribution in [1.82, 2.24) is 9.73 Å². The third-order valence-electron chi connectivity index (χ3n) is 5.14. The molecule has 9 nitrogen and oxygen atoms in total. The predicted molar refractivity (Wildman–Crippen MR) is 116 cm³/mol. The van der Waals surface area contributed by atoms with Crippen LogP contribution in [0.15, 0.2) is 64.6 Å². The molecule has 0 atom stereocenters. The summed E-state index contributed by atoms with van der Waals surface area (Å²) in [5.74, 6) is -0.553. The maximum absolute atomic E-state index is 13.2. The van der Waals surface area contributed by atoms with Crippen LogP contribution >= 0.6 is 0 Å². The van der Waals surface area contributed by atoms with Gasteiger partial charge in [-0.2, -0.15) is 9.41 Å². The lowest BCUT2D eigenvalue weighted by Gasteiger charge is -2.32. The van der Waals surface area contributed by atoms with Gasteiger partial charge in [0, 0.05) is 18.2 Å². The van der Waals surface area contributed by atoms with Crippen LogP contribution in [0.1, 0.15) is 37.7 Å². The molecule has 0 aromatic heterocycles. The molecule has 0 radical (unpaired) electrons. The molecule has 1 N–H and O–H groups in total. The largest absolute Gasteiger partial charge is 0.272 e. The Labute approximate surface area is 181 Å². The second kappa shape index (κ2) is 10.3. The van der Waals surface area contributed by atoms with Crippen LogP contribution in [0.25, 0.3) is 0 Å². The third-order valence-corrected chi connectivity index (χ3v) is 7.05. The van der Waals surface area contributed by atoms with E-state index in [-0.39, 0.29) is 23.2 Å². The van der Waals surface area contributed by atoms with Crippen molar-refractivity contribution in [3.05, 3.63) is 70.3 Å². The second-order valence-electron chi connectivity index (χ2n) is 7.30. The number of amides is 1. The number of hydrogen-bond donors (Lipinski definition) is 1. The highest BCUT2D eigenvalue weighted by atomic mass is 32.2. The summed E-state index contributed by atoms with van der Waals surface area (Å²) in [5.41, 5.74) is 2.87. The van der Waals surface area contributed by atoms with Crippen molar-refractivity contribution in [3.8, 4) is 0 Å². The fourth-order valence-electron chi connectivity index (χ4n) is 3.55. The van der Waals surface area contributed by atoms with Gasteiger partial charge in [0.2, 0.25) is 10.0 Å². The highest BCUT2D eigenvalue weighted by Crippen LogP contribution is 2.27. The Morgan fingerprint density at radius 1 is 1.10 bits per heavy atom. The highest BCUT2D eigenvalue weighted by molar-refractivity contribution is 7.89. The predicted octanol–water partition coefficient (Wildman–Crippen LogP) is 3.07. The summed E-state index contributed by atoms with van der Waals surface area (Å²) in [6.45, 7) is -0.334. The number of benzene rings is 2. The maximum Gasteiger partial charge on any atom is 0.269 e. The molecule has 1 aliphatic rings. The van der Waals surface area contributed by atoms with Crippen molar-refractivity contribution in [1.29, 1.82) is 0 Å². The van der Waals surface area contributed by atoms with E-state index in [1.807, 2.05) is 0 Å². The highest BCUT2D eigenvalue weighted by Gasteiger charge is 2.33. The minimum absolute atomic E-state index is 0.0459. The molecule has 31 heavy (non-hydrogen) atoms. The van der Waals surface area contributed by atoms with Crippen molar-refractivity contribution in [2.45, 2.75) is 43.0 Å². The molecule has 1 aliphatic carbocycles. The molecule has 1 saturated carbocycles. The van der Waals surface area contributed by atoms with E-state index in [9.17, 15) is 23.3 Å². The first kappa shape index (κ1) is 22.6. The lowest BCUT2D eigenvalue weighted by molar-refractivity contribution is -0.384. The molecule has 0 saturated heterocycles. The molecule has 0 aliphatic heterocycles. The van der Waals surface area contributed by atoms with E-state index in [1.165, 1.54) is 46.9 Å². The van der Waals surface area contributed by atoms with Gasteiger partial charge in [-0.05, 0) is 42.7 Å². The first-order valence-corrected chi connectivity index (χ1v) is 11.4. The Hall–Kier alpha value is -3.11. The topological polar surface area (TPSA) is 122 Å². The van der Waals surface area contributed by atoms with Crippen molar-refractivity contribution in [2.75, 3.05) is 6.54 Å². The number of nitro benzene ring substituents is 1. The summed E-state index contributed by atoms with van der Waals surface area (Å²) in [4.78, 5) is 22.8. The van der Waals surface area contributed by atoms with E-state index in [2.05, 4.69) is 10.5 Å². The summed E-state index contributed by atoms with van der Waals surface area (Å²) in [7, 11) is -3.83. The smallest absolute Gasteiger partial charge is 0.269 e. The van der Waals surface area contributed by atoms with E-state index < -0.39 is 20.9 Å². The fraction of sp³-hybridized carbons (Fsp3) is 0.333. The molecule has 3 rings (SSSR count). The third kappa shape index (κ3) is 5.96. The van der Waals surface area contributed by atoms with Gasteiger partial charge in [-0.15, -0.1) is 0 Å². The lowest BCUT2D eigenvalue weighted by Crippen LogP contribution is -2.46. The van der Waals surface area contributed by atoms with E-state index in [4.69, 9.17) is 0 Å². The Morgan fingerprint density at radius 2 is 1.74 bits per heavy atom. The Kier molecular flexibility index (Phi) is 7.48. The van der Waals surface area contributed by atoms with Crippen LogP contribution in [0.4, 0.5) is 5.69 Å². The Balaban J connectivity index is 1.70. The number of hydrazone groups is 1. The average Bonchev–Trinajstić information content (AvgIpc) is 2.79. The van der Waals surface area contributed by atoms with E-state index in [0.29, 0.717) is 18.4 Å². The number of carbonyl (C=O) groups is 1. The van der Waals surface area contributed by atoms with Gasteiger partial charge in [0.15, 0.2) is 0 Å². The lowest BCUT2D eigenvalue weighted by atomic mass is 9.95. The fourth-order valence-corrected chi connectivity index (χ4v) is 5.21. The van der Waals surface area contributed by atoms with Crippen molar-refractivity contribution in [2.24, 2.45) is 5.10 Å². The van der Waals surface area contributed by atoms with Gasteiger partial charge in [-0.25, -0.2) is 13.8 Å². The molecular weight excluding hydrogens is 420 g/mol. The summed E-state index contributed by atoms with van der Waals surface area (Å²) in [6.07, 6.45) is 5.67. The molecular formula is C21H24N4O5S. The second-order valence-corrected chi connectivity index (χ2v) is 9.19. The number of carbonyl (C=O) groups excluding carboxylic acids is 1. The van der Waals surface area contributed by atoms with Gasteiger partial charge in [-0.1, -0.05) is 37.5 Å². The van der Waals surface area contributed by atoms with Gasteiger partial charge in [-0.3, -0.25) is 14.9 Å². The number of nitro groups is 1. The molecule has 1 fully saturated rings. The molecule has 1 amide bonds. The first-order valence-electron chi connectivity index (χ1n) is 10.0. The van der Waals surface area contributed by atoms with Crippen LogP contribution in [-0.2, 0) is 14.8 Å². The van der Waals surface area contributed by atoms with Crippen LogP contribution in [0, 0.1) is 10.1 Å². The molecule has 0 unspecified atom stereocenters. The normalized spacial score (nSPS) is 15.3. The average molecular weight is 445 g/mol. The summed E-state index contributed by atoms with van der Waals surface area (Å²) in [5, 5.41) is 14.5. The summed E-state index contributed by atoms with van der Waals surface area (Å²) < 4.78 is 27.7. The van der Waals surface area contributed by atoms with Crippen molar-refractivity contribution >= 4 is 27.8 Å². The molecule has 0 bridgehead atoms. The van der Waals surface area contributed by atoms with Gasteiger partial charge >= 0.3 is 0 Å². The zero-order valence-corrected chi connectivity index (χ0v) is 17.7. The van der Waals surface area contributed by atoms with Gasteiger partial charge in [0.05, 0.1) is 22.6 Å². The number of nitrogens with one attached hydrogen (secondary N) is 1. The summed E-state index contributed by atoms with van der Waals surface area (Å²) >= 11 is 0. The quantitative estimate of drug-likeness (QED) is 0.381. The van der Waals surface area contributed by atoms with Crippen LogP contribution in [0.2, 0.25) is 0 Å². The van der Waals surface area contributed by atoms with Crippen LogP contribution < -0.4 is 5.43 Å². The standard InChI is InChI=1S/C21H24N4O5S/c26-21(23-22-15-17-11-13-19(14-12-17)25(27)28)16-24(18-7-3-1-4-8-18)31(29,30)20-9-5-2-6-10-20/h2,5-6,9-15,18H,1,3-4,7-8,16H2,(H,23,26)/b22-15+. The zero-order valence-electron chi connectivity index (χ0n) is 16.9. The molecule has 0 spiro atoms. The first-order chi connectivity index (χ1) is 14.9. The van der Waals surface area contributed by atoms with E-state index in [0.717, 1.165) is 19.3 Å². The van der Waals surface area contributed by atoms with Crippen molar-refractivity contribution < 1.29 is 18.1 Å². The Morgan fingerprint density at radius 3 is 2.35 bits per heavy atom. The zero-order chi connectivity index (χ0) is 22.3. The maximum atomic E-state index is 13.2. The molecule has 10 heteroatoms. The number of rotatable bonds is 8. The van der Waals surface area contributed by atoms with E-state index in [1.54, 1.807) is 18.2 Å².